The summed E-state index contributed by atoms with van der Waals surface area (Å²) < 4.78 is 47.4. The number of aromatic nitrogens is 5. The average Bonchev–Trinajstić information content (AvgIpc) is 3.00. The molecule has 3 aromatic rings. The van der Waals surface area contributed by atoms with Crippen LogP contribution in [0.3, 0.4) is 0 Å². The van der Waals surface area contributed by atoms with E-state index in [1.165, 1.54) is 9.08 Å². The van der Waals surface area contributed by atoms with E-state index < -0.39 is 11.7 Å². The molecule has 0 aliphatic carbocycles. The molecule has 0 saturated heterocycles. The lowest BCUT2D eigenvalue weighted by molar-refractivity contribution is -0.137. The normalized spacial score (nSPS) is 14.5. The van der Waals surface area contributed by atoms with Gasteiger partial charge in [0.05, 0.1) is 24.8 Å². The SMILES string of the molecule is Cc1cn2c(=O)n(CCOC(C)C)nc2nc1N1CCc2ncc(C(F)(F)F)cc2C1. The van der Waals surface area contributed by atoms with Crippen LogP contribution in [0.4, 0.5) is 19.0 Å². The molecule has 11 heteroatoms. The minimum absolute atomic E-state index is 0.0500. The molecule has 1 aliphatic rings. The monoisotopic (exact) mass is 436 g/mol. The zero-order chi connectivity index (χ0) is 22.3. The van der Waals surface area contributed by atoms with Crippen molar-refractivity contribution in [3.05, 3.63) is 51.3 Å². The van der Waals surface area contributed by atoms with Gasteiger partial charge in [0.2, 0.25) is 0 Å². The Bertz CT molecular complexity index is 1170. The van der Waals surface area contributed by atoms with E-state index in [4.69, 9.17) is 4.74 Å². The van der Waals surface area contributed by atoms with Gasteiger partial charge in [-0.25, -0.2) is 13.9 Å². The quantitative estimate of drug-likeness (QED) is 0.612. The van der Waals surface area contributed by atoms with Crippen LogP contribution in [0, 0.1) is 6.92 Å². The fourth-order valence-corrected chi connectivity index (χ4v) is 3.63. The maximum atomic E-state index is 13.1. The van der Waals surface area contributed by atoms with Gasteiger partial charge in [-0.1, -0.05) is 0 Å². The van der Waals surface area contributed by atoms with Crippen molar-refractivity contribution in [2.24, 2.45) is 0 Å². The molecule has 0 bridgehead atoms. The summed E-state index contributed by atoms with van der Waals surface area (Å²) >= 11 is 0. The van der Waals surface area contributed by atoms with Crippen LogP contribution in [0.15, 0.2) is 23.3 Å². The van der Waals surface area contributed by atoms with Crippen LogP contribution in [0.1, 0.15) is 36.2 Å². The van der Waals surface area contributed by atoms with Crippen LogP contribution >= 0.6 is 0 Å². The Balaban J connectivity index is 1.63. The minimum Gasteiger partial charge on any atom is -0.377 e. The van der Waals surface area contributed by atoms with Crippen LogP contribution in [0.2, 0.25) is 0 Å². The summed E-state index contributed by atoms with van der Waals surface area (Å²) in [4.78, 5) is 23.0. The van der Waals surface area contributed by atoms with Crippen molar-refractivity contribution in [2.45, 2.75) is 52.6 Å². The Hall–Kier alpha value is -2.95. The molecule has 166 valence electrons. The van der Waals surface area contributed by atoms with E-state index in [-0.39, 0.29) is 24.1 Å². The highest BCUT2D eigenvalue weighted by Gasteiger charge is 2.32. The Kier molecular flexibility index (Phi) is 5.46. The van der Waals surface area contributed by atoms with E-state index in [0.29, 0.717) is 43.2 Å². The first-order chi connectivity index (χ1) is 14.6. The van der Waals surface area contributed by atoms with Gasteiger partial charge < -0.3 is 9.64 Å². The van der Waals surface area contributed by atoms with Crippen molar-refractivity contribution in [3.8, 4) is 0 Å². The second-order valence-corrected chi connectivity index (χ2v) is 7.84. The Morgan fingerprint density at radius 3 is 2.77 bits per heavy atom. The molecular formula is C20H23F3N6O2. The van der Waals surface area contributed by atoms with Crippen molar-refractivity contribution < 1.29 is 17.9 Å². The molecule has 0 atom stereocenters. The van der Waals surface area contributed by atoms with E-state index in [1.807, 2.05) is 25.7 Å². The summed E-state index contributed by atoms with van der Waals surface area (Å²) in [6.45, 7) is 7.10. The molecule has 0 spiro atoms. The van der Waals surface area contributed by atoms with Crippen molar-refractivity contribution in [1.82, 2.24) is 24.1 Å². The second-order valence-electron chi connectivity index (χ2n) is 7.84. The Labute approximate surface area is 176 Å². The number of hydrogen-bond donors (Lipinski definition) is 0. The summed E-state index contributed by atoms with van der Waals surface area (Å²) in [5.74, 6) is 0.828. The molecule has 0 N–H and O–H groups in total. The molecular weight excluding hydrogens is 413 g/mol. The molecule has 0 fully saturated rings. The van der Waals surface area contributed by atoms with E-state index in [9.17, 15) is 18.0 Å². The molecule has 8 nitrogen and oxygen atoms in total. The van der Waals surface area contributed by atoms with E-state index in [0.717, 1.165) is 17.8 Å². The van der Waals surface area contributed by atoms with Crippen molar-refractivity contribution in [2.75, 3.05) is 18.1 Å². The van der Waals surface area contributed by atoms with E-state index >= 15 is 0 Å². The standard InChI is InChI=1S/C20H23F3N6O2/c1-12(2)31-7-6-29-19(30)28-10-13(3)17(25-18(28)26-29)27-5-4-16-14(11-27)8-15(9-24-16)20(21,22)23/h8-10,12H,4-7,11H2,1-3H3. The summed E-state index contributed by atoms with van der Waals surface area (Å²) in [5.41, 5.74) is 0.843. The van der Waals surface area contributed by atoms with Crippen molar-refractivity contribution in [3.63, 3.8) is 0 Å². The number of ether oxygens (including phenoxy) is 1. The summed E-state index contributed by atoms with van der Waals surface area (Å²) in [6.07, 6.45) is -1.34. The molecule has 0 saturated carbocycles. The number of halogens is 3. The minimum atomic E-state index is -4.44. The van der Waals surface area contributed by atoms with E-state index in [2.05, 4.69) is 15.1 Å². The zero-order valence-electron chi connectivity index (χ0n) is 17.5. The van der Waals surface area contributed by atoms with Gasteiger partial charge in [0, 0.05) is 43.2 Å². The molecule has 4 heterocycles. The second kappa shape index (κ2) is 7.95. The van der Waals surface area contributed by atoms with Crippen LogP contribution in [-0.2, 0) is 30.4 Å². The summed E-state index contributed by atoms with van der Waals surface area (Å²) in [5, 5.41) is 4.28. The van der Waals surface area contributed by atoms with Crippen LogP contribution in [0.5, 0.6) is 0 Å². The molecule has 3 aromatic heterocycles. The third-order valence-corrected chi connectivity index (χ3v) is 5.15. The zero-order valence-corrected chi connectivity index (χ0v) is 17.5. The summed E-state index contributed by atoms with van der Waals surface area (Å²) in [6, 6.07) is 1.15. The fourth-order valence-electron chi connectivity index (χ4n) is 3.63. The lowest BCUT2D eigenvalue weighted by atomic mass is 10.0. The number of rotatable bonds is 5. The van der Waals surface area contributed by atoms with Gasteiger partial charge in [0.15, 0.2) is 0 Å². The number of anilines is 1. The van der Waals surface area contributed by atoms with Gasteiger partial charge in [0.1, 0.15) is 5.82 Å². The first-order valence-electron chi connectivity index (χ1n) is 10.0. The topological polar surface area (TPSA) is 77.5 Å². The number of alkyl halides is 3. The van der Waals surface area contributed by atoms with Gasteiger partial charge in [-0.3, -0.25) is 4.98 Å². The third kappa shape index (κ3) is 4.27. The van der Waals surface area contributed by atoms with Gasteiger partial charge >= 0.3 is 11.9 Å². The highest BCUT2D eigenvalue weighted by molar-refractivity contribution is 5.52. The van der Waals surface area contributed by atoms with Gasteiger partial charge in [-0.2, -0.15) is 18.2 Å². The fraction of sp³-hybridized carbons (Fsp3) is 0.500. The number of aryl methyl sites for hydroxylation is 1. The van der Waals surface area contributed by atoms with Crippen LogP contribution in [0.25, 0.3) is 5.78 Å². The van der Waals surface area contributed by atoms with E-state index in [1.54, 1.807) is 6.20 Å². The maximum Gasteiger partial charge on any atom is 0.417 e. The third-order valence-electron chi connectivity index (χ3n) is 5.15. The Morgan fingerprint density at radius 1 is 1.29 bits per heavy atom. The number of pyridine rings is 1. The predicted octanol–water partition coefficient (Wildman–Crippen LogP) is 2.60. The highest BCUT2D eigenvalue weighted by Crippen LogP contribution is 2.32. The number of fused-ring (bicyclic) bond motifs is 2. The molecule has 0 amide bonds. The van der Waals surface area contributed by atoms with Gasteiger partial charge in [-0.15, -0.1) is 5.10 Å². The summed E-state index contributed by atoms with van der Waals surface area (Å²) in [7, 11) is 0. The smallest absolute Gasteiger partial charge is 0.377 e. The number of nitrogens with zero attached hydrogens (tertiary/aromatic N) is 6. The maximum absolute atomic E-state index is 13.1. The highest BCUT2D eigenvalue weighted by atomic mass is 19.4. The van der Waals surface area contributed by atoms with Crippen molar-refractivity contribution >= 4 is 11.6 Å². The molecule has 0 radical (unpaired) electrons. The molecule has 1 aliphatic heterocycles. The molecule has 31 heavy (non-hydrogen) atoms. The Morgan fingerprint density at radius 2 is 2.06 bits per heavy atom. The molecule has 4 rings (SSSR count). The first-order valence-corrected chi connectivity index (χ1v) is 10.0. The molecule has 0 unspecified atom stereocenters. The average molecular weight is 436 g/mol. The largest absolute Gasteiger partial charge is 0.417 e. The van der Waals surface area contributed by atoms with Gasteiger partial charge in [-0.05, 0) is 32.4 Å². The van der Waals surface area contributed by atoms with Crippen LogP contribution < -0.4 is 10.6 Å². The number of hydrogen-bond acceptors (Lipinski definition) is 6. The predicted molar refractivity (Wildman–Crippen MR) is 107 cm³/mol. The van der Waals surface area contributed by atoms with Gasteiger partial charge in [0.25, 0.3) is 5.78 Å². The van der Waals surface area contributed by atoms with Crippen LogP contribution in [-0.4, -0.2) is 43.4 Å². The van der Waals surface area contributed by atoms with Crippen molar-refractivity contribution in [1.29, 1.82) is 0 Å². The lowest BCUT2D eigenvalue weighted by Crippen LogP contribution is -2.33. The first kappa shape index (κ1) is 21.3. The molecule has 0 aromatic carbocycles. The lowest BCUT2D eigenvalue weighted by Gasteiger charge is -2.30.